The lowest BCUT2D eigenvalue weighted by Crippen LogP contribution is -2.17. The quantitative estimate of drug-likeness (QED) is 0.428. The molecule has 142 valence electrons. The first-order valence-electron chi connectivity index (χ1n) is 8.81. The first-order valence-corrected chi connectivity index (χ1v) is 9.63. The van der Waals surface area contributed by atoms with Crippen LogP contribution in [0.2, 0.25) is 0 Å². The highest BCUT2D eigenvalue weighted by molar-refractivity contribution is 7.15. The van der Waals surface area contributed by atoms with E-state index in [9.17, 15) is 13.2 Å². The summed E-state index contributed by atoms with van der Waals surface area (Å²) in [5.74, 6) is 0. The molecule has 0 atom stereocenters. The molecule has 4 aromatic rings. The Kier molecular flexibility index (Phi) is 5.15. The number of rotatable bonds is 5. The number of benzene rings is 3. The van der Waals surface area contributed by atoms with Crippen molar-refractivity contribution in [1.29, 1.82) is 0 Å². The lowest BCUT2D eigenvalue weighted by Gasteiger charge is -2.12. The molecule has 28 heavy (non-hydrogen) atoms. The Hall–Kier alpha value is -2.70. The third-order valence-corrected chi connectivity index (χ3v) is 5.55. The maximum Gasteiger partial charge on any atom is 0.416 e. The zero-order valence-electron chi connectivity index (χ0n) is 14.8. The van der Waals surface area contributed by atoms with Crippen molar-refractivity contribution < 1.29 is 13.2 Å². The molecule has 2 nitrogen and oxygen atoms in total. The van der Waals surface area contributed by atoms with Crippen LogP contribution in [0.5, 0.6) is 0 Å². The second-order valence-electron chi connectivity index (χ2n) is 6.40. The SMILES string of the molecule is FC(F)(F)c1ccccc1CNCc1ncc(-c2cccc3ccccc23)s1. The van der Waals surface area contributed by atoms with Crippen molar-refractivity contribution in [1.82, 2.24) is 10.3 Å². The maximum atomic E-state index is 13.1. The van der Waals surface area contributed by atoms with E-state index in [4.69, 9.17) is 0 Å². The fourth-order valence-corrected chi connectivity index (χ4v) is 4.14. The van der Waals surface area contributed by atoms with Crippen LogP contribution in [0, 0.1) is 0 Å². The van der Waals surface area contributed by atoms with Crippen LogP contribution in [-0.4, -0.2) is 4.98 Å². The number of hydrogen-bond acceptors (Lipinski definition) is 3. The summed E-state index contributed by atoms with van der Waals surface area (Å²) < 4.78 is 39.2. The maximum absolute atomic E-state index is 13.1. The van der Waals surface area contributed by atoms with Gasteiger partial charge in [0.2, 0.25) is 0 Å². The molecule has 4 rings (SSSR count). The van der Waals surface area contributed by atoms with Crippen molar-refractivity contribution in [2.24, 2.45) is 0 Å². The molecule has 1 N–H and O–H groups in total. The molecular weight excluding hydrogens is 381 g/mol. The molecule has 3 aromatic carbocycles. The number of aromatic nitrogens is 1. The average Bonchev–Trinajstić information content (AvgIpc) is 3.16. The summed E-state index contributed by atoms with van der Waals surface area (Å²) >= 11 is 1.55. The van der Waals surface area contributed by atoms with Gasteiger partial charge in [-0.15, -0.1) is 11.3 Å². The van der Waals surface area contributed by atoms with Gasteiger partial charge in [0.25, 0.3) is 0 Å². The minimum Gasteiger partial charge on any atom is -0.306 e. The first kappa shape index (κ1) is 18.7. The highest BCUT2D eigenvalue weighted by Gasteiger charge is 2.32. The van der Waals surface area contributed by atoms with Gasteiger partial charge in [0, 0.05) is 24.8 Å². The summed E-state index contributed by atoms with van der Waals surface area (Å²) in [6, 6.07) is 19.9. The van der Waals surface area contributed by atoms with E-state index >= 15 is 0 Å². The molecule has 0 amide bonds. The summed E-state index contributed by atoms with van der Waals surface area (Å²) in [4.78, 5) is 5.48. The topological polar surface area (TPSA) is 24.9 Å². The van der Waals surface area contributed by atoms with Gasteiger partial charge >= 0.3 is 6.18 Å². The molecular formula is C22H17F3N2S. The number of fused-ring (bicyclic) bond motifs is 1. The number of nitrogens with one attached hydrogen (secondary N) is 1. The van der Waals surface area contributed by atoms with Gasteiger partial charge < -0.3 is 5.32 Å². The lowest BCUT2D eigenvalue weighted by molar-refractivity contribution is -0.138. The lowest BCUT2D eigenvalue weighted by atomic mass is 10.0. The van der Waals surface area contributed by atoms with Gasteiger partial charge in [-0.1, -0.05) is 60.7 Å². The Balaban J connectivity index is 1.48. The van der Waals surface area contributed by atoms with Gasteiger partial charge in [-0.25, -0.2) is 4.98 Å². The molecule has 6 heteroatoms. The molecule has 0 aliphatic rings. The van der Waals surface area contributed by atoms with Crippen molar-refractivity contribution in [3.63, 3.8) is 0 Å². The largest absolute Gasteiger partial charge is 0.416 e. The monoisotopic (exact) mass is 398 g/mol. The van der Waals surface area contributed by atoms with Crippen molar-refractivity contribution in [2.75, 3.05) is 0 Å². The normalized spacial score (nSPS) is 11.8. The van der Waals surface area contributed by atoms with Crippen LogP contribution >= 0.6 is 11.3 Å². The van der Waals surface area contributed by atoms with Crippen LogP contribution < -0.4 is 5.32 Å². The second kappa shape index (κ2) is 7.73. The van der Waals surface area contributed by atoms with E-state index in [1.807, 2.05) is 24.4 Å². The van der Waals surface area contributed by atoms with Crippen LogP contribution in [0.1, 0.15) is 16.1 Å². The first-order chi connectivity index (χ1) is 13.5. The number of nitrogens with zero attached hydrogens (tertiary/aromatic N) is 1. The van der Waals surface area contributed by atoms with Crippen molar-refractivity contribution in [3.8, 4) is 10.4 Å². The van der Waals surface area contributed by atoms with Crippen LogP contribution in [0.4, 0.5) is 13.2 Å². The van der Waals surface area contributed by atoms with E-state index in [1.54, 1.807) is 17.4 Å². The third-order valence-electron chi connectivity index (χ3n) is 4.52. The molecule has 0 unspecified atom stereocenters. The van der Waals surface area contributed by atoms with Crippen molar-refractivity contribution in [3.05, 3.63) is 89.1 Å². The Labute approximate surface area is 164 Å². The van der Waals surface area contributed by atoms with Gasteiger partial charge in [0.1, 0.15) is 5.01 Å². The predicted molar refractivity (Wildman–Crippen MR) is 107 cm³/mol. The van der Waals surface area contributed by atoms with Crippen LogP contribution in [-0.2, 0) is 19.3 Å². The number of halogens is 3. The van der Waals surface area contributed by atoms with Gasteiger partial charge in [-0.2, -0.15) is 13.2 Å². The van der Waals surface area contributed by atoms with Gasteiger partial charge in [0.15, 0.2) is 0 Å². The number of hydrogen-bond donors (Lipinski definition) is 1. The molecule has 1 heterocycles. The minimum atomic E-state index is -4.35. The Morgan fingerprint density at radius 1 is 0.857 bits per heavy atom. The number of alkyl halides is 3. The van der Waals surface area contributed by atoms with Gasteiger partial charge in [-0.3, -0.25) is 0 Å². The minimum absolute atomic E-state index is 0.138. The summed E-state index contributed by atoms with van der Waals surface area (Å²) in [6.07, 6.45) is -2.52. The van der Waals surface area contributed by atoms with Gasteiger partial charge in [-0.05, 0) is 22.4 Å². The fraction of sp³-hybridized carbons (Fsp3) is 0.136. The third kappa shape index (κ3) is 3.93. The molecule has 0 saturated carbocycles. The molecule has 1 aromatic heterocycles. The zero-order chi connectivity index (χ0) is 19.6. The van der Waals surface area contributed by atoms with E-state index < -0.39 is 11.7 Å². The van der Waals surface area contributed by atoms with Crippen molar-refractivity contribution >= 4 is 22.1 Å². The fourth-order valence-electron chi connectivity index (χ4n) is 3.21. The molecule has 0 bridgehead atoms. The highest BCUT2D eigenvalue weighted by atomic mass is 32.1. The number of thiazole rings is 1. The van der Waals surface area contributed by atoms with E-state index in [1.165, 1.54) is 12.1 Å². The van der Waals surface area contributed by atoms with E-state index in [0.29, 0.717) is 6.54 Å². The highest BCUT2D eigenvalue weighted by Crippen LogP contribution is 2.33. The standard InChI is InChI=1S/C22H17F3N2S/c23-22(24,25)19-11-4-2-7-16(19)12-26-14-21-27-13-20(28-21)18-10-5-8-15-6-1-3-9-17(15)18/h1-11,13,26H,12,14H2. The second-order valence-corrected chi connectivity index (χ2v) is 7.52. The summed E-state index contributed by atoms with van der Waals surface area (Å²) in [5, 5.41) is 6.24. The van der Waals surface area contributed by atoms with Crippen molar-refractivity contribution in [2.45, 2.75) is 19.3 Å². The smallest absolute Gasteiger partial charge is 0.306 e. The van der Waals surface area contributed by atoms with Crippen LogP contribution in [0.15, 0.2) is 72.9 Å². The molecule has 0 radical (unpaired) electrons. The molecule has 0 spiro atoms. The molecule has 0 fully saturated rings. The van der Waals surface area contributed by atoms with Crippen LogP contribution in [0.25, 0.3) is 21.2 Å². The van der Waals surface area contributed by atoms with E-state index in [-0.39, 0.29) is 12.1 Å². The Morgan fingerprint density at radius 2 is 1.61 bits per heavy atom. The summed E-state index contributed by atoms with van der Waals surface area (Å²) in [7, 11) is 0. The molecule has 0 aliphatic heterocycles. The van der Waals surface area contributed by atoms with Gasteiger partial charge in [0.05, 0.1) is 10.4 Å². The van der Waals surface area contributed by atoms with E-state index in [2.05, 4.69) is 34.6 Å². The zero-order valence-corrected chi connectivity index (χ0v) is 15.6. The summed E-state index contributed by atoms with van der Waals surface area (Å²) in [5.41, 5.74) is 0.753. The average molecular weight is 398 g/mol. The molecule has 0 saturated heterocycles. The van der Waals surface area contributed by atoms with Crippen LogP contribution in [0.3, 0.4) is 0 Å². The predicted octanol–water partition coefficient (Wildman–Crippen LogP) is 6.27. The summed E-state index contributed by atoms with van der Waals surface area (Å²) in [6.45, 7) is 0.556. The Bertz CT molecular complexity index is 1100. The molecule has 0 aliphatic carbocycles. The Morgan fingerprint density at radius 3 is 2.46 bits per heavy atom. The van der Waals surface area contributed by atoms with E-state index in [0.717, 1.165) is 32.3 Å².